The molecule has 0 amide bonds. The number of carboxylic acids is 1. The van der Waals surface area contributed by atoms with Gasteiger partial charge in [0.05, 0.1) is 4.92 Å². The van der Waals surface area contributed by atoms with Gasteiger partial charge in [-0.05, 0) is 6.92 Å². The van der Waals surface area contributed by atoms with E-state index in [0.29, 0.717) is 0 Å². The molecule has 0 bridgehead atoms. The molecular formula is C7H9N5O4. The largest absolute Gasteiger partial charge is 0.480 e. The van der Waals surface area contributed by atoms with Crippen LogP contribution in [0.25, 0.3) is 0 Å². The second kappa shape index (κ2) is 4.38. The molecule has 86 valence electrons. The van der Waals surface area contributed by atoms with Crippen molar-refractivity contribution in [2.75, 3.05) is 11.1 Å². The molecule has 0 aliphatic carbocycles. The molecule has 9 nitrogen and oxygen atoms in total. The van der Waals surface area contributed by atoms with Gasteiger partial charge in [0.1, 0.15) is 12.2 Å². The summed E-state index contributed by atoms with van der Waals surface area (Å²) in [5.74, 6) is -1.49. The van der Waals surface area contributed by atoms with Crippen LogP contribution in [-0.2, 0) is 4.79 Å². The average Bonchev–Trinajstić information content (AvgIpc) is 2.16. The first-order valence-electron chi connectivity index (χ1n) is 4.18. The standard InChI is InChI=1S/C7H9N5O4/c1-3(6(13)14)10-7-9-2-4(12(15)16)5(8)11-7/h2-3H,1H3,(H,13,14)(H3,8,9,10,11)/t3-/m1/s1. The first-order valence-corrected chi connectivity index (χ1v) is 4.18. The van der Waals surface area contributed by atoms with Crippen molar-refractivity contribution in [1.29, 1.82) is 0 Å². The molecule has 0 aromatic carbocycles. The maximum absolute atomic E-state index is 10.5. The van der Waals surface area contributed by atoms with E-state index in [9.17, 15) is 14.9 Å². The highest BCUT2D eigenvalue weighted by Gasteiger charge is 2.16. The molecule has 1 atom stereocenters. The molecule has 4 N–H and O–H groups in total. The van der Waals surface area contributed by atoms with E-state index in [1.807, 2.05) is 0 Å². The molecule has 16 heavy (non-hydrogen) atoms. The van der Waals surface area contributed by atoms with Gasteiger partial charge in [0.25, 0.3) is 0 Å². The van der Waals surface area contributed by atoms with Crippen molar-refractivity contribution in [3.8, 4) is 0 Å². The molecule has 9 heteroatoms. The normalized spacial score (nSPS) is 11.8. The molecule has 1 aromatic heterocycles. The predicted molar refractivity (Wildman–Crippen MR) is 53.8 cm³/mol. The number of rotatable bonds is 4. The van der Waals surface area contributed by atoms with Crippen LogP contribution in [0.4, 0.5) is 17.5 Å². The Morgan fingerprint density at radius 3 is 2.81 bits per heavy atom. The summed E-state index contributed by atoms with van der Waals surface area (Å²) in [6, 6.07) is -0.916. The SMILES string of the molecule is C[C@@H](Nc1ncc([N+](=O)[O-])c(N)n1)C(=O)O. The monoisotopic (exact) mass is 227 g/mol. The number of nitrogens with zero attached hydrogens (tertiary/aromatic N) is 3. The molecule has 0 fully saturated rings. The highest BCUT2D eigenvalue weighted by atomic mass is 16.6. The summed E-state index contributed by atoms with van der Waals surface area (Å²) in [4.78, 5) is 27.3. The predicted octanol–water partition coefficient (Wildman–Crippen LogP) is -0.148. The van der Waals surface area contributed by atoms with Gasteiger partial charge >= 0.3 is 11.7 Å². The van der Waals surface area contributed by atoms with E-state index in [0.717, 1.165) is 6.20 Å². The molecule has 0 saturated carbocycles. The Hall–Kier alpha value is -2.45. The van der Waals surface area contributed by atoms with Gasteiger partial charge in [0.2, 0.25) is 11.8 Å². The summed E-state index contributed by atoms with van der Waals surface area (Å²) in [5, 5.41) is 21.4. The number of hydrogen-bond donors (Lipinski definition) is 3. The van der Waals surface area contributed by atoms with Crippen LogP contribution >= 0.6 is 0 Å². The molecule has 0 aliphatic rings. The third-order valence-corrected chi connectivity index (χ3v) is 1.71. The van der Waals surface area contributed by atoms with Crippen molar-refractivity contribution in [1.82, 2.24) is 9.97 Å². The Bertz CT molecular complexity index is 435. The molecule has 1 heterocycles. The number of anilines is 2. The number of aromatic nitrogens is 2. The Morgan fingerprint density at radius 1 is 1.75 bits per heavy atom. The van der Waals surface area contributed by atoms with E-state index in [1.165, 1.54) is 6.92 Å². The first kappa shape index (κ1) is 11.6. The number of nitro groups is 1. The number of aliphatic carboxylic acids is 1. The van der Waals surface area contributed by atoms with Crippen molar-refractivity contribution in [2.24, 2.45) is 0 Å². The zero-order chi connectivity index (χ0) is 12.3. The second-order valence-corrected chi connectivity index (χ2v) is 2.93. The third-order valence-electron chi connectivity index (χ3n) is 1.71. The van der Waals surface area contributed by atoms with Crippen LogP contribution in [0.2, 0.25) is 0 Å². The van der Waals surface area contributed by atoms with E-state index in [1.54, 1.807) is 0 Å². The Kier molecular flexibility index (Phi) is 3.18. The number of carboxylic acid groups (broad SMARTS) is 1. The van der Waals surface area contributed by atoms with Crippen molar-refractivity contribution >= 4 is 23.4 Å². The van der Waals surface area contributed by atoms with E-state index in [-0.39, 0.29) is 11.8 Å². The van der Waals surface area contributed by atoms with Crippen molar-refractivity contribution in [3.63, 3.8) is 0 Å². The van der Waals surface area contributed by atoms with Crippen LogP contribution in [0.5, 0.6) is 0 Å². The molecule has 1 aromatic rings. The zero-order valence-electron chi connectivity index (χ0n) is 8.25. The molecule has 0 spiro atoms. The number of hydrogen-bond acceptors (Lipinski definition) is 7. The van der Waals surface area contributed by atoms with Gasteiger partial charge in [-0.2, -0.15) is 4.98 Å². The lowest BCUT2D eigenvalue weighted by Gasteiger charge is -2.08. The summed E-state index contributed by atoms with van der Waals surface area (Å²) in [6.07, 6.45) is 0.916. The summed E-state index contributed by atoms with van der Waals surface area (Å²) in [6.45, 7) is 1.38. The van der Waals surface area contributed by atoms with Crippen LogP contribution in [0, 0.1) is 10.1 Å². The molecule has 0 radical (unpaired) electrons. The lowest BCUT2D eigenvalue weighted by atomic mass is 10.3. The lowest BCUT2D eigenvalue weighted by molar-refractivity contribution is -0.384. The number of carbonyl (C=O) groups is 1. The number of nitrogens with one attached hydrogen (secondary N) is 1. The number of nitrogens with two attached hydrogens (primary N) is 1. The van der Waals surface area contributed by atoms with Crippen molar-refractivity contribution in [3.05, 3.63) is 16.3 Å². The Morgan fingerprint density at radius 2 is 2.38 bits per heavy atom. The molecule has 0 unspecified atom stereocenters. The van der Waals surface area contributed by atoms with Crippen LogP contribution in [0.15, 0.2) is 6.20 Å². The van der Waals surface area contributed by atoms with Crippen LogP contribution < -0.4 is 11.1 Å². The highest BCUT2D eigenvalue weighted by molar-refractivity contribution is 5.76. The molecule has 0 aliphatic heterocycles. The topological polar surface area (TPSA) is 144 Å². The van der Waals surface area contributed by atoms with Gasteiger partial charge in [-0.25, -0.2) is 4.98 Å². The van der Waals surface area contributed by atoms with E-state index in [2.05, 4.69) is 15.3 Å². The van der Waals surface area contributed by atoms with Gasteiger partial charge in [-0.15, -0.1) is 0 Å². The van der Waals surface area contributed by atoms with E-state index < -0.39 is 22.6 Å². The Balaban J connectivity index is 2.89. The lowest BCUT2D eigenvalue weighted by Crippen LogP contribution is -2.26. The first-order chi connectivity index (χ1) is 7.41. The van der Waals surface area contributed by atoms with E-state index in [4.69, 9.17) is 10.8 Å². The second-order valence-electron chi connectivity index (χ2n) is 2.93. The molecular weight excluding hydrogens is 218 g/mol. The fourth-order valence-corrected chi connectivity index (χ4v) is 0.854. The molecule has 0 saturated heterocycles. The summed E-state index contributed by atoms with van der Waals surface area (Å²) in [7, 11) is 0. The third kappa shape index (κ3) is 2.53. The fraction of sp³-hybridized carbons (Fsp3) is 0.286. The van der Waals surface area contributed by atoms with Gasteiger partial charge in [0.15, 0.2) is 0 Å². The summed E-state index contributed by atoms with van der Waals surface area (Å²) in [5.41, 5.74) is 4.87. The maximum atomic E-state index is 10.5. The minimum atomic E-state index is -1.10. The van der Waals surface area contributed by atoms with Crippen molar-refractivity contribution in [2.45, 2.75) is 13.0 Å². The minimum Gasteiger partial charge on any atom is -0.480 e. The van der Waals surface area contributed by atoms with E-state index >= 15 is 0 Å². The smallest absolute Gasteiger partial charge is 0.329 e. The minimum absolute atomic E-state index is 0.0713. The van der Waals surface area contributed by atoms with Crippen LogP contribution in [-0.4, -0.2) is 32.0 Å². The molecule has 1 rings (SSSR count). The maximum Gasteiger partial charge on any atom is 0.329 e. The van der Waals surface area contributed by atoms with Gasteiger partial charge < -0.3 is 16.2 Å². The van der Waals surface area contributed by atoms with Gasteiger partial charge in [-0.3, -0.25) is 14.9 Å². The van der Waals surface area contributed by atoms with Crippen molar-refractivity contribution < 1.29 is 14.8 Å². The van der Waals surface area contributed by atoms with Crippen LogP contribution in [0.1, 0.15) is 6.92 Å². The zero-order valence-corrected chi connectivity index (χ0v) is 8.25. The van der Waals surface area contributed by atoms with Gasteiger partial charge in [-0.1, -0.05) is 0 Å². The van der Waals surface area contributed by atoms with Crippen LogP contribution in [0.3, 0.4) is 0 Å². The highest BCUT2D eigenvalue weighted by Crippen LogP contribution is 2.18. The summed E-state index contributed by atoms with van der Waals surface area (Å²) < 4.78 is 0. The summed E-state index contributed by atoms with van der Waals surface area (Å²) >= 11 is 0. The quantitative estimate of drug-likeness (QED) is 0.475. The fourth-order valence-electron chi connectivity index (χ4n) is 0.854. The average molecular weight is 227 g/mol. The van der Waals surface area contributed by atoms with Gasteiger partial charge in [0, 0.05) is 0 Å². The Labute approximate surface area is 89.5 Å². The number of nitrogen functional groups attached to an aromatic ring is 1.